The van der Waals surface area contributed by atoms with E-state index in [2.05, 4.69) is 80.2 Å². The average Bonchev–Trinajstić information content (AvgIpc) is 3.39. The van der Waals surface area contributed by atoms with Crippen LogP contribution in [0.15, 0.2) is 104 Å². The summed E-state index contributed by atoms with van der Waals surface area (Å²) in [5.74, 6) is 2.40. The normalized spacial score (nSPS) is 20.0. The highest BCUT2D eigenvalue weighted by Gasteiger charge is 2.49. The predicted molar refractivity (Wildman–Crippen MR) is 206 cm³/mol. The first-order valence-corrected chi connectivity index (χ1v) is 19.7. The standard InChI is InChI=1S/C46H54O7/c1-3-5-13-29-46(36-17-7-6-8-18-36,33-50-53-38-25-23-37(24-26-38)47-31-14-32-49-48-30-4-2)45-51-41-27-21-34-15-9-11-19-39(34)43(41)44-40-20-12-10-16-35(40)22-28-42(44)52-45/h4,6-9,11,15,17-19,22-26,28,41,43,45H,2-3,5,10,12-14,16,20-21,27,29-33H2,1H3/t41-,43+,45?,46+/m1/s1. The molecular formula is C46H54O7. The van der Waals surface area contributed by atoms with E-state index in [0.717, 1.165) is 68.4 Å². The van der Waals surface area contributed by atoms with Gasteiger partial charge < -0.3 is 19.1 Å². The Balaban J connectivity index is 1.16. The molecule has 0 aromatic heterocycles. The van der Waals surface area contributed by atoms with Gasteiger partial charge in [0.1, 0.15) is 24.7 Å². The zero-order valence-electron chi connectivity index (χ0n) is 31.1. The second-order valence-corrected chi connectivity index (χ2v) is 14.6. The van der Waals surface area contributed by atoms with Crippen LogP contribution in [0.3, 0.4) is 0 Å². The van der Waals surface area contributed by atoms with Crippen molar-refractivity contribution in [2.24, 2.45) is 0 Å². The molecule has 0 amide bonds. The summed E-state index contributed by atoms with van der Waals surface area (Å²) in [4.78, 5) is 22.4. The van der Waals surface area contributed by atoms with E-state index in [1.54, 1.807) is 6.08 Å². The number of hydrogen-bond donors (Lipinski definition) is 0. The summed E-state index contributed by atoms with van der Waals surface area (Å²) in [6, 6.07) is 31.6. The first-order valence-electron chi connectivity index (χ1n) is 19.7. The van der Waals surface area contributed by atoms with E-state index in [-0.39, 0.29) is 18.6 Å². The van der Waals surface area contributed by atoms with Crippen molar-refractivity contribution in [3.63, 3.8) is 0 Å². The molecule has 7 rings (SSSR count). The summed E-state index contributed by atoms with van der Waals surface area (Å²) in [5.41, 5.74) is 7.56. The zero-order chi connectivity index (χ0) is 36.3. The molecule has 53 heavy (non-hydrogen) atoms. The molecule has 0 fully saturated rings. The Hall–Kier alpha value is -4.14. The third-order valence-corrected chi connectivity index (χ3v) is 11.1. The lowest BCUT2D eigenvalue weighted by atomic mass is 9.73. The Morgan fingerprint density at radius 2 is 1.58 bits per heavy atom. The molecular weight excluding hydrogens is 664 g/mol. The Morgan fingerprint density at radius 3 is 2.43 bits per heavy atom. The Bertz CT molecular complexity index is 1760. The summed E-state index contributed by atoms with van der Waals surface area (Å²) in [6.45, 7) is 7.42. The van der Waals surface area contributed by atoms with Gasteiger partial charge in [-0.3, -0.25) is 0 Å². The SMILES string of the molecule is C=CCOOCCCOc1ccc(OOC[C@@](CCCCC)(c2ccccc2)C2Oc3ccc4c(c3[C@H]3c5ccccc5CC[C@H]3O2)CCCC4)cc1. The van der Waals surface area contributed by atoms with Crippen LogP contribution in [0.5, 0.6) is 17.2 Å². The van der Waals surface area contributed by atoms with Gasteiger partial charge >= 0.3 is 0 Å². The summed E-state index contributed by atoms with van der Waals surface area (Å²) in [5, 5.41) is 0. The molecule has 0 saturated carbocycles. The molecule has 7 nitrogen and oxygen atoms in total. The van der Waals surface area contributed by atoms with Gasteiger partial charge in [-0.05, 0) is 103 Å². The van der Waals surface area contributed by atoms with Gasteiger partial charge in [0.25, 0.3) is 0 Å². The zero-order valence-corrected chi connectivity index (χ0v) is 31.1. The predicted octanol–water partition coefficient (Wildman–Crippen LogP) is 10.2. The number of fused-ring (bicyclic) bond motifs is 7. The van der Waals surface area contributed by atoms with Gasteiger partial charge in [-0.2, -0.15) is 4.89 Å². The van der Waals surface area contributed by atoms with Crippen LogP contribution in [-0.4, -0.2) is 38.8 Å². The van der Waals surface area contributed by atoms with Crippen LogP contribution >= 0.6 is 0 Å². The molecule has 1 heterocycles. The van der Waals surface area contributed by atoms with Crippen molar-refractivity contribution in [1.29, 1.82) is 0 Å². The number of unbranched alkanes of at least 4 members (excludes halogenated alkanes) is 2. The number of ether oxygens (including phenoxy) is 3. The lowest BCUT2D eigenvalue weighted by Crippen LogP contribution is -2.50. The fraction of sp³-hybridized carbons (Fsp3) is 0.435. The summed E-state index contributed by atoms with van der Waals surface area (Å²) in [6.07, 6.45) is 12.3. The molecule has 0 saturated heterocycles. The van der Waals surface area contributed by atoms with E-state index in [1.807, 2.05) is 24.3 Å². The van der Waals surface area contributed by atoms with Crippen molar-refractivity contribution in [2.45, 2.75) is 101 Å². The minimum Gasteiger partial charge on any atom is -0.494 e. The number of hydrogen-bond acceptors (Lipinski definition) is 7. The highest BCUT2D eigenvalue weighted by Crippen LogP contribution is 2.51. The van der Waals surface area contributed by atoms with E-state index < -0.39 is 11.7 Å². The second kappa shape index (κ2) is 18.3. The van der Waals surface area contributed by atoms with Crippen LogP contribution in [0.2, 0.25) is 0 Å². The van der Waals surface area contributed by atoms with Crippen LogP contribution in [-0.2, 0) is 44.1 Å². The minimum atomic E-state index is -0.643. The van der Waals surface area contributed by atoms with Crippen LogP contribution < -0.4 is 14.4 Å². The lowest BCUT2D eigenvalue weighted by molar-refractivity contribution is -0.287. The highest BCUT2D eigenvalue weighted by atomic mass is 17.2. The molecule has 1 unspecified atom stereocenters. The van der Waals surface area contributed by atoms with Gasteiger partial charge in [-0.15, -0.1) is 6.58 Å². The van der Waals surface area contributed by atoms with Crippen molar-refractivity contribution in [1.82, 2.24) is 0 Å². The van der Waals surface area contributed by atoms with Gasteiger partial charge in [0.15, 0.2) is 5.75 Å². The topological polar surface area (TPSA) is 64.6 Å². The quantitative estimate of drug-likeness (QED) is 0.0439. The molecule has 0 radical (unpaired) electrons. The largest absolute Gasteiger partial charge is 0.494 e. The maximum Gasteiger partial charge on any atom is 0.212 e. The molecule has 0 spiro atoms. The van der Waals surface area contributed by atoms with Crippen LogP contribution in [0, 0.1) is 0 Å². The number of rotatable bonds is 18. The van der Waals surface area contributed by atoms with Crippen molar-refractivity contribution in [2.75, 3.05) is 26.4 Å². The highest BCUT2D eigenvalue weighted by molar-refractivity contribution is 5.55. The molecule has 2 aliphatic carbocycles. The Morgan fingerprint density at radius 1 is 0.774 bits per heavy atom. The van der Waals surface area contributed by atoms with Gasteiger partial charge in [-0.25, -0.2) is 9.78 Å². The van der Waals surface area contributed by atoms with E-state index in [9.17, 15) is 0 Å². The summed E-state index contributed by atoms with van der Waals surface area (Å²) < 4.78 is 20.5. The van der Waals surface area contributed by atoms with E-state index in [1.165, 1.54) is 40.7 Å². The molecule has 280 valence electrons. The van der Waals surface area contributed by atoms with E-state index >= 15 is 0 Å². The number of benzene rings is 4. The fourth-order valence-electron chi connectivity index (χ4n) is 8.38. The van der Waals surface area contributed by atoms with Crippen LogP contribution in [0.4, 0.5) is 0 Å². The summed E-state index contributed by atoms with van der Waals surface area (Å²) >= 11 is 0. The summed E-state index contributed by atoms with van der Waals surface area (Å²) in [7, 11) is 0. The van der Waals surface area contributed by atoms with Gasteiger partial charge in [0.2, 0.25) is 6.29 Å². The average molecular weight is 719 g/mol. The Kier molecular flexibility index (Phi) is 12.8. The van der Waals surface area contributed by atoms with Gasteiger partial charge in [-0.1, -0.05) is 92.9 Å². The first kappa shape index (κ1) is 37.2. The van der Waals surface area contributed by atoms with Crippen molar-refractivity contribution in [3.8, 4) is 17.2 Å². The van der Waals surface area contributed by atoms with Gasteiger partial charge in [0.05, 0.1) is 24.7 Å². The first-order chi connectivity index (χ1) is 26.2. The lowest BCUT2D eigenvalue weighted by Gasteiger charge is -2.41. The minimum absolute atomic E-state index is 0.0291. The Labute approximate surface area is 315 Å². The molecule has 0 N–H and O–H groups in total. The molecule has 3 aliphatic rings. The van der Waals surface area contributed by atoms with E-state index in [0.29, 0.717) is 32.0 Å². The third kappa shape index (κ3) is 8.65. The number of aryl methyl sites for hydroxylation is 2. The smallest absolute Gasteiger partial charge is 0.212 e. The second-order valence-electron chi connectivity index (χ2n) is 14.6. The molecule has 4 aromatic carbocycles. The molecule has 1 aliphatic heterocycles. The van der Waals surface area contributed by atoms with Crippen molar-refractivity contribution >= 4 is 0 Å². The molecule has 4 atom stereocenters. The maximum absolute atomic E-state index is 7.39. The fourth-order valence-corrected chi connectivity index (χ4v) is 8.38. The van der Waals surface area contributed by atoms with Crippen LogP contribution in [0.1, 0.15) is 97.6 Å². The maximum atomic E-state index is 7.39. The van der Waals surface area contributed by atoms with Crippen molar-refractivity contribution in [3.05, 3.63) is 137 Å². The third-order valence-electron chi connectivity index (χ3n) is 11.1. The van der Waals surface area contributed by atoms with E-state index in [4.69, 9.17) is 33.8 Å². The monoisotopic (exact) mass is 718 g/mol. The molecule has 4 aromatic rings. The van der Waals surface area contributed by atoms with Gasteiger partial charge in [0, 0.05) is 17.9 Å². The molecule has 0 bridgehead atoms. The van der Waals surface area contributed by atoms with Crippen molar-refractivity contribution < 1.29 is 33.8 Å². The molecule has 7 heteroatoms. The van der Waals surface area contributed by atoms with Crippen LogP contribution in [0.25, 0.3) is 0 Å².